The van der Waals surface area contributed by atoms with Gasteiger partial charge in [-0.3, -0.25) is 0 Å². The molecule has 0 aromatic carbocycles. The van der Waals surface area contributed by atoms with Gasteiger partial charge < -0.3 is 4.43 Å². The molecule has 102 valence electrons. The summed E-state index contributed by atoms with van der Waals surface area (Å²) < 4.78 is 6.31. The predicted octanol–water partition coefficient (Wildman–Crippen LogP) is 4.50. The SMILES string of the molecule is CC(C)(C)[Si](C)(C)OC[C@H]1CC=CC[C@@H]1CC#N. The minimum Gasteiger partial charge on any atom is -0.417 e. The molecular formula is C15H27NOSi. The van der Waals surface area contributed by atoms with E-state index in [1.807, 2.05) is 0 Å². The van der Waals surface area contributed by atoms with Gasteiger partial charge in [-0.25, -0.2) is 0 Å². The molecule has 1 aliphatic carbocycles. The molecule has 0 saturated heterocycles. The van der Waals surface area contributed by atoms with E-state index in [0.29, 0.717) is 18.3 Å². The van der Waals surface area contributed by atoms with Crippen molar-refractivity contribution in [1.82, 2.24) is 0 Å². The molecule has 0 spiro atoms. The van der Waals surface area contributed by atoms with E-state index in [9.17, 15) is 0 Å². The summed E-state index contributed by atoms with van der Waals surface area (Å²) in [6.45, 7) is 12.2. The van der Waals surface area contributed by atoms with Crippen molar-refractivity contribution in [2.75, 3.05) is 6.61 Å². The molecule has 0 fully saturated rings. The number of nitrogens with zero attached hydrogens (tertiary/aromatic N) is 1. The van der Waals surface area contributed by atoms with Gasteiger partial charge in [0.1, 0.15) is 0 Å². The highest BCUT2D eigenvalue weighted by atomic mass is 28.4. The van der Waals surface area contributed by atoms with Gasteiger partial charge in [0.05, 0.1) is 6.07 Å². The van der Waals surface area contributed by atoms with E-state index in [2.05, 4.69) is 52.1 Å². The van der Waals surface area contributed by atoms with Crippen LogP contribution in [0.5, 0.6) is 0 Å². The normalized spacial score (nSPS) is 24.9. The van der Waals surface area contributed by atoms with Crippen LogP contribution in [0.3, 0.4) is 0 Å². The average molecular weight is 265 g/mol. The van der Waals surface area contributed by atoms with Gasteiger partial charge in [-0.1, -0.05) is 32.9 Å². The molecule has 0 aromatic heterocycles. The minimum absolute atomic E-state index is 0.266. The first-order chi connectivity index (χ1) is 8.28. The molecule has 0 bridgehead atoms. The molecule has 0 N–H and O–H groups in total. The second kappa shape index (κ2) is 6.03. The predicted molar refractivity (Wildman–Crippen MR) is 78.7 cm³/mol. The monoisotopic (exact) mass is 265 g/mol. The first-order valence-electron chi connectivity index (χ1n) is 6.94. The summed E-state index contributed by atoms with van der Waals surface area (Å²) in [4.78, 5) is 0. The summed E-state index contributed by atoms with van der Waals surface area (Å²) in [7, 11) is -1.65. The minimum atomic E-state index is -1.65. The van der Waals surface area contributed by atoms with E-state index in [1.165, 1.54) is 0 Å². The van der Waals surface area contributed by atoms with Crippen LogP contribution in [0, 0.1) is 23.2 Å². The average Bonchev–Trinajstić information content (AvgIpc) is 2.27. The highest BCUT2D eigenvalue weighted by molar-refractivity contribution is 6.74. The third kappa shape index (κ3) is 3.96. The molecule has 2 nitrogen and oxygen atoms in total. The van der Waals surface area contributed by atoms with Crippen LogP contribution in [0.25, 0.3) is 0 Å². The van der Waals surface area contributed by atoms with E-state index in [1.54, 1.807) is 0 Å². The molecule has 18 heavy (non-hydrogen) atoms. The largest absolute Gasteiger partial charge is 0.417 e. The zero-order valence-electron chi connectivity index (χ0n) is 12.5. The second-order valence-electron chi connectivity index (χ2n) is 6.90. The molecule has 0 radical (unpaired) electrons. The summed E-state index contributed by atoms with van der Waals surface area (Å²) in [5, 5.41) is 9.15. The molecule has 1 aliphatic rings. The van der Waals surface area contributed by atoms with Gasteiger partial charge in [0.2, 0.25) is 0 Å². The molecule has 0 heterocycles. The first-order valence-corrected chi connectivity index (χ1v) is 9.84. The van der Waals surface area contributed by atoms with Gasteiger partial charge in [0, 0.05) is 13.0 Å². The molecule has 0 amide bonds. The Morgan fingerprint density at radius 1 is 1.22 bits per heavy atom. The Bertz CT molecular complexity index is 335. The smallest absolute Gasteiger partial charge is 0.191 e. The van der Waals surface area contributed by atoms with Gasteiger partial charge >= 0.3 is 0 Å². The van der Waals surface area contributed by atoms with Crippen molar-refractivity contribution < 1.29 is 4.43 Å². The Morgan fingerprint density at radius 2 is 1.78 bits per heavy atom. The third-order valence-corrected chi connectivity index (χ3v) is 9.03. The topological polar surface area (TPSA) is 33.0 Å². The Balaban J connectivity index is 2.57. The molecular weight excluding hydrogens is 238 g/mol. The van der Waals surface area contributed by atoms with Crippen molar-refractivity contribution in [3.8, 4) is 6.07 Å². The van der Waals surface area contributed by atoms with E-state index in [4.69, 9.17) is 9.69 Å². The van der Waals surface area contributed by atoms with Gasteiger partial charge in [0.15, 0.2) is 8.32 Å². The number of rotatable bonds is 4. The van der Waals surface area contributed by atoms with Crippen LogP contribution < -0.4 is 0 Å². The number of hydrogen-bond acceptors (Lipinski definition) is 2. The molecule has 3 heteroatoms. The lowest BCUT2D eigenvalue weighted by atomic mass is 9.82. The summed E-state index contributed by atoms with van der Waals surface area (Å²) in [5.41, 5.74) is 0. The van der Waals surface area contributed by atoms with E-state index >= 15 is 0 Å². The van der Waals surface area contributed by atoms with Gasteiger partial charge in [-0.2, -0.15) is 5.26 Å². The molecule has 0 aromatic rings. The Morgan fingerprint density at radius 3 is 2.28 bits per heavy atom. The molecule has 2 atom stereocenters. The van der Waals surface area contributed by atoms with Crippen LogP contribution in [-0.2, 0) is 4.43 Å². The van der Waals surface area contributed by atoms with E-state index in [-0.39, 0.29) is 5.04 Å². The highest BCUT2D eigenvalue weighted by Gasteiger charge is 2.38. The fourth-order valence-corrected chi connectivity index (χ4v) is 3.09. The Labute approximate surface area is 113 Å². The molecule has 0 saturated carbocycles. The maximum Gasteiger partial charge on any atom is 0.191 e. The quantitative estimate of drug-likeness (QED) is 0.553. The van der Waals surface area contributed by atoms with Gasteiger partial charge in [-0.15, -0.1) is 0 Å². The first kappa shape index (κ1) is 15.5. The van der Waals surface area contributed by atoms with Crippen molar-refractivity contribution in [3.05, 3.63) is 12.2 Å². The Hall–Kier alpha value is -0.593. The summed E-state index contributed by atoms with van der Waals surface area (Å²) in [6, 6.07) is 2.32. The van der Waals surface area contributed by atoms with Crippen LogP contribution in [0.4, 0.5) is 0 Å². The van der Waals surface area contributed by atoms with Crippen LogP contribution in [0.1, 0.15) is 40.0 Å². The van der Waals surface area contributed by atoms with Crippen LogP contribution >= 0.6 is 0 Å². The lowest BCUT2D eigenvalue weighted by Gasteiger charge is -2.38. The summed E-state index contributed by atoms with van der Waals surface area (Å²) in [5.74, 6) is 1.02. The molecule has 0 unspecified atom stereocenters. The van der Waals surface area contributed by atoms with Crippen molar-refractivity contribution >= 4 is 8.32 Å². The van der Waals surface area contributed by atoms with Crippen LogP contribution in [-0.4, -0.2) is 14.9 Å². The molecule has 1 rings (SSSR count). The zero-order valence-corrected chi connectivity index (χ0v) is 13.5. The zero-order chi connectivity index (χ0) is 13.8. The fourth-order valence-electron chi connectivity index (χ4n) is 2.03. The van der Waals surface area contributed by atoms with Crippen LogP contribution in [0.15, 0.2) is 12.2 Å². The number of hydrogen-bond donors (Lipinski definition) is 0. The van der Waals surface area contributed by atoms with Crippen molar-refractivity contribution in [1.29, 1.82) is 5.26 Å². The van der Waals surface area contributed by atoms with Crippen molar-refractivity contribution in [3.63, 3.8) is 0 Å². The fraction of sp³-hybridized carbons (Fsp3) is 0.800. The lowest BCUT2D eigenvalue weighted by Crippen LogP contribution is -2.42. The van der Waals surface area contributed by atoms with Crippen LogP contribution in [0.2, 0.25) is 18.1 Å². The van der Waals surface area contributed by atoms with Crippen molar-refractivity contribution in [2.24, 2.45) is 11.8 Å². The third-order valence-electron chi connectivity index (χ3n) is 4.53. The maximum atomic E-state index is 8.89. The standard InChI is InChI=1S/C15H27NOSi/c1-15(2,3)18(4,5)17-12-14-9-7-6-8-13(14)10-11-16/h6-7,13-14H,8-10,12H2,1-5H3/t13-,14-/m1/s1. The second-order valence-corrected chi connectivity index (χ2v) is 11.7. The van der Waals surface area contributed by atoms with Gasteiger partial charge in [-0.05, 0) is 42.8 Å². The number of nitriles is 1. The lowest BCUT2D eigenvalue weighted by molar-refractivity contribution is 0.177. The summed E-state index contributed by atoms with van der Waals surface area (Å²) >= 11 is 0. The molecule has 0 aliphatic heterocycles. The Kier molecular flexibility index (Phi) is 5.18. The van der Waals surface area contributed by atoms with E-state index in [0.717, 1.165) is 19.4 Å². The van der Waals surface area contributed by atoms with E-state index < -0.39 is 8.32 Å². The highest BCUT2D eigenvalue weighted by Crippen LogP contribution is 2.38. The summed E-state index contributed by atoms with van der Waals surface area (Å²) in [6.07, 6.45) is 7.23. The van der Waals surface area contributed by atoms with Gasteiger partial charge in [0.25, 0.3) is 0 Å². The number of allylic oxidation sites excluding steroid dienone is 2. The van der Waals surface area contributed by atoms with Crippen molar-refractivity contribution in [2.45, 2.75) is 58.2 Å². The maximum absolute atomic E-state index is 8.89.